The fourth-order valence-electron chi connectivity index (χ4n) is 3.00. The molecule has 2 fully saturated rings. The molecule has 1 atom stereocenters. The number of rotatable bonds is 2. The Morgan fingerprint density at radius 1 is 1.29 bits per heavy atom. The smallest absolute Gasteiger partial charge is 0.224 e. The van der Waals surface area contributed by atoms with E-state index in [4.69, 9.17) is 0 Å². The van der Waals surface area contributed by atoms with Crippen LogP contribution in [-0.2, 0) is 4.79 Å². The van der Waals surface area contributed by atoms with Gasteiger partial charge in [0.05, 0.1) is 5.92 Å². The summed E-state index contributed by atoms with van der Waals surface area (Å²) < 4.78 is 0. The van der Waals surface area contributed by atoms with Crippen LogP contribution in [0.25, 0.3) is 0 Å². The van der Waals surface area contributed by atoms with Gasteiger partial charge in [-0.3, -0.25) is 4.79 Å². The Hall–Kier alpha value is -0.570. The quantitative estimate of drug-likeness (QED) is 0.773. The molecule has 1 amide bonds. The summed E-state index contributed by atoms with van der Waals surface area (Å²) in [5.74, 6) is 1.30. The van der Waals surface area contributed by atoms with Crippen molar-refractivity contribution in [1.29, 1.82) is 0 Å². The van der Waals surface area contributed by atoms with Crippen LogP contribution in [-0.4, -0.2) is 24.5 Å². The minimum absolute atomic E-state index is 0.0566. The van der Waals surface area contributed by atoms with E-state index in [2.05, 4.69) is 24.5 Å². The highest BCUT2D eigenvalue weighted by molar-refractivity contribution is 5.79. The molecule has 0 aromatic heterocycles. The van der Waals surface area contributed by atoms with Crippen molar-refractivity contribution < 1.29 is 4.79 Å². The van der Waals surface area contributed by atoms with Gasteiger partial charge in [0.1, 0.15) is 0 Å². The number of piperidine rings is 1. The van der Waals surface area contributed by atoms with Gasteiger partial charge in [0, 0.05) is 12.1 Å². The predicted octanol–water partition coefficient (Wildman–Crippen LogP) is 2.07. The van der Waals surface area contributed by atoms with E-state index in [1.54, 1.807) is 0 Å². The lowest BCUT2D eigenvalue weighted by molar-refractivity contribution is -0.127. The summed E-state index contributed by atoms with van der Waals surface area (Å²) in [6, 6.07) is 0. The van der Waals surface area contributed by atoms with Crippen LogP contribution in [0.3, 0.4) is 0 Å². The first kappa shape index (κ1) is 12.9. The van der Waals surface area contributed by atoms with E-state index in [1.165, 1.54) is 12.8 Å². The summed E-state index contributed by atoms with van der Waals surface area (Å²) in [5, 5.41) is 6.62. The van der Waals surface area contributed by atoms with Crippen LogP contribution >= 0.6 is 0 Å². The van der Waals surface area contributed by atoms with Crippen molar-refractivity contribution >= 4 is 5.91 Å². The van der Waals surface area contributed by atoms with Crippen molar-refractivity contribution in [2.75, 3.05) is 13.1 Å². The Bertz CT molecular complexity index is 263. The number of carbonyl (C=O) groups is 1. The molecule has 3 heteroatoms. The Labute approximate surface area is 105 Å². The fraction of sp³-hybridized carbons (Fsp3) is 0.929. The normalized spacial score (nSPS) is 38.7. The molecule has 17 heavy (non-hydrogen) atoms. The molecule has 0 spiro atoms. The Balaban J connectivity index is 1.84. The molecule has 0 bridgehead atoms. The second-order valence-corrected chi connectivity index (χ2v) is 6.28. The molecule has 2 N–H and O–H groups in total. The number of hydrogen-bond acceptors (Lipinski definition) is 2. The minimum Gasteiger partial charge on any atom is -0.351 e. The fourth-order valence-corrected chi connectivity index (χ4v) is 3.00. The standard InChI is InChI=1S/C14H26N2O/c1-11-5-7-14(2,8-6-11)16-13(17)12-4-3-9-15-10-12/h11-12,15H,3-10H2,1-2H3,(H,16,17). The second-order valence-electron chi connectivity index (χ2n) is 6.28. The summed E-state index contributed by atoms with van der Waals surface area (Å²) in [5.41, 5.74) is 0.0566. The van der Waals surface area contributed by atoms with Crippen LogP contribution in [0, 0.1) is 11.8 Å². The Morgan fingerprint density at radius 2 is 2.00 bits per heavy atom. The highest BCUT2D eigenvalue weighted by Gasteiger charge is 2.33. The molecule has 1 aliphatic heterocycles. The van der Waals surface area contributed by atoms with Gasteiger partial charge in [-0.05, 0) is 57.9 Å². The zero-order chi connectivity index (χ0) is 12.3. The topological polar surface area (TPSA) is 41.1 Å². The summed E-state index contributed by atoms with van der Waals surface area (Å²) in [7, 11) is 0. The van der Waals surface area contributed by atoms with Crippen molar-refractivity contribution in [2.24, 2.45) is 11.8 Å². The third-order valence-electron chi connectivity index (χ3n) is 4.47. The van der Waals surface area contributed by atoms with Crippen LogP contribution in [0.2, 0.25) is 0 Å². The van der Waals surface area contributed by atoms with Gasteiger partial charge in [-0.1, -0.05) is 6.92 Å². The molecule has 0 radical (unpaired) electrons. The Kier molecular flexibility index (Phi) is 4.08. The molecule has 0 aromatic rings. The first-order chi connectivity index (χ1) is 8.09. The molecule has 1 heterocycles. The summed E-state index contributed by atoms with van der Waals surface area (Å²) >= 11 is 0. The van der Waals surface area contributed by atoms with Crippen molar-refractivity contribution in [3.05, 3.63) is 0 Å². The van der Waals surface area contributed by atoms with Gasteiger partial charge in [-0.2, -0.15) is 0 Å². The molecule has 98 valence electrons. The second kappa shape index (κ2) is 5.38. The molecule has 1 saturated heterocycles. The third-order valence-corrected chi connectivity index (χ3v) is 4.47. The largest absolute Gasteiger partial charge is 0.351 e. The molecule has 3 nitrogen and oxygen atoms in total. The lowest BCUT2D eigenvalue weighted by Crippen LogP contribution is -2.52. The zero-order valence-corrected chi connectivity index (χ0v) is 11.2. The van der Waals surface area contributed by atoms with Crippen LogP contribution in [0.5, 0.6) is 0 Å². The van der Waals surface area contributed by atoms with E-state index in [0.717, 1.165) is 44.7 Å². The molecule has 2 aliphatic rings. The van der Waals surface area contributed by atoms with Crippen LogP contribution in [0.15, 0.2) is 0 Å². The first-order valence-corrected chi connectivity index (χ1v) is 7.12. The number of carbonyl (C=O) groups excluding carboxylic acids is 1. The van der Waals surface area contributed by atoms with E-state index < -0.39 is 0 Å². The van der Waals surface area contributed by atoms with Gasteiger partial charge < -0.3 is 10.6 Å². The highest BCUT2D eigenvalue weighted by atomic mass is 16.2. The summed E-state index contributed by atoms with van der Waals surface area (Å²) in [6.07, 6.45) is 6.96. The summed E-state index contributed by atoms with van der Waals surface area (Å²) in [4.78, 5) is 12.2. The van der Waals surface area contributed by atoms with E-state index in [-0.39, 0.29) is 17.4 Å². The SMILES string of the molecule is CC1CCC(C)(NC(=O)C2CCCNC2)CC1. The number of nitrogens with one attached hydrogen (secondary N) is 2. The van der Waals surface area contributed by atoms with E-state index in [9.17, 15) is 4.79 Å². The molecule has 1 saturated carbocycles. The number of hydrogen-bond donors (Lipinski definition) is 2. The molecular formula is C14H26N2O. The number of amides is 1. The van der Waals surface area contributed by atoms with Crippen LogP contribution in [0.1, 0.15) is 52.4 Å². The zero-order valence-electron chi connectivity index (χ0n) is 11.2. The maximum Gasteiger partial charge on any atom is 0.224 e. The van der Waals surface area contributed by atoms with Crippen molar-refractivity contribution in [2.45, 2.75) is 57.9 Å². The van der Waals surface area contributed by atoms with Crippen LogP contribution < -0.4 is 10.6 Å². The first-order valence-electron chi connectivity index (χ1n) is 7.12. The molecular weight excluding hydrogens is 212 g/mol. The van der Waals surface area contributed by atoms with Crippen molar-refractivity contribution in [3.8, 4) is 0 Å². The highest BCUT2D eigenvalue weighted by Crippen LogP contribution is 2.31. The predicted molar refractivity (Wildman–Crippen MR) is 69.8 cm³/mol. The van der Waals surface area contributed by atoms with E-state index in [1.807, 2.05) is 0 Å². The van der Waals surface area contributed by atoms with Gasteiger partial charge in [-0.15, -0.1) is 0 Å². The van der Waals surface area contributed by atoms with Gasteiger partial charge in [-0.25, -0.2) is 0 Å². The maximum atomic E-state index is 12.2. The van der Waals surface area contributed by atoms with Crippen molar-refractivity contribution in [3.63, 3.8) is 0 Å². The molecule has 0 aromatic carbocycles. The maximum absolute atomic E-state index is 12.2. The monoisotopic (exact) mass is 238 g/mol. The van der Waals surface area contributed by atoms with E-state index >= 15 is 0 Å². The Morgan fingerprint density at radius 3 is 2.59 bits per heavy atom. The van der Waals surface area contributed by atoms with Gasteiger partial charge in [0.2, 0.25) is 5.91 Å². The molecule has 2 rings (SSSR count). The minimum atomic E-state index is 0.0566. The lowest BCUT2D eigenvalue weighted by Gasteiger charge is -2.38. The summed E-state index contributed by atoms with van der Waals surface area (Å²) in [6.45, 7) is 6.45. The van der Waals surface area contributed by atoms with Crippen molar-refractivity contribution in [1.82, 2.24) is 10.6 Å². The van der Waals surface area contributed by atoms with Gasteiger partial charge in [0.15, 0.2) is 0 Å². The average molecular weight is 238 g/mol. The lowest BCUT2D eigenvalue weighted by atomic mass is 9.78. The van der Waals surface area contributed by atoms with Gasteiger partial charge in [0.25, 0.3) is 0 Å². The third kappa shape index (κ3) is 3.44. The molecule has 1 unspecified atom stereocenters. The molecule has 1 aliphatic carbocycles. The van der Waals surface area contributed by atoms with Gasteiger partial charge >= 0.3 is 0 Å². The van der Waals surface area contributed by atoms with E-state index in [0.29, 0.717) is 0 Å². The van der Waals surface area contributed by atoms with Crippen LogP contribution in [0.4, 0.5) is 0 Å². The average Bonchev–Trinajstić information content (AvgIpc) is 2.34.